The first-order valence-electron chi connectivity index (χ1n) is 6.73. The van der Waals surface area contributed by atoms with Crippen molar-refractivity contribution >= 4 is 0 Å². The van der Waals surface area contributed by atoms with Crippen molar-refractivity contribution < 1.29 is 4.52 Å². The molecule has 1 fully saturated rings. The van der Waals surface area contributed by atoms with Gasteiger partial charge in [-0.3, -0.25) is 0 Å². The van der Waals surface area contributed by atoms with Gasteiger partial charge in [0.2, 0.25) is 5.89 Å². The normalized spacial score (nSPS) is 28.8. The average molecular weight is 252 g/mol. The standard InChI is InChI=1S/C13H24N4O/c1-10-4-6-13(9-14,7-5-10)12-15-11(16-18-12)8-17(2)3/h10H,4-9,14H2,1-3H3. The summed E-state index contributed by atoms with van der Waals surface area (Å²) in [5.41, 5.74) is 5.91. The Hall–Kier alpha value is -0.940. The second-order valence-corrected chi connectivity index (χ2v) is 5.92. The molecule has 0 radical (unpaired) electrons. The summed E-state index contributed by atoms with van der Waals surface area (Å²) in [4.78, 5) is 6.58. The lowest BCUT2D eigenvalue weighted by Gasteiger charge is -2.35. The van der Waals surface area contributed by atoms with E-state index < -0.39 is 0 Å². The van der Waals surface area contributed by atoms with Gasteiger partial charge in [-0.1, -0.05) is 12.1 Å². The summed E-state index contributed by atoms with van der Waals surface area (Å²) in [6, 6.07) is 0. The van der Waals surface area contributed by atoms with Crippen molar-refractivity contribution in [3.05, 3.63) is 11.7 Å². The van der Waals surface area contributed by atoms with Crippen LogP contribution in [-0.2, 0) is 12.0 Å². The molecule has 2 rings (SSSR count). The number of hydrogen-bond donors (Lipinski definition) is 1. The van der Waals surface area contributed by atoms with Gasteiger partial charge in [0, 0.05) is 6.54 Å². The quantitative estimate of drug-likeness (QED) is 0.880. The highest BCUT2D eigenvalue weighted by molar-refractivity contribution is 5.08. The van der Waals surface area contributed by atoms with Crippen LogP contribution in [0.15, 0.2) is 4.52 Å². The number of nitrogens with two attached hydrogens (primary N) is 1. The van der Waals surface area contributed by atoms with Crippen LogP contribution < -0.4 is 5.73 Å². The Balaban J connectivity index is 2.14. The van der Waals surface area contributed by atoms with Gasteiger partial charge >= 0.3 is 0 Å². The van der Waals surface area contributed by atoms with Gasteiger partial charge in [-0.15, -0.1) is 0 Å². The first kappa shape index (κ1) is 13.5. The van der Waals surface area contributed by atoms with E-state index >= 15 is 0 Å². The number of hydrogen-bond acceptors (Lipinski definition) is 5. The van der Waals surface area contributed by atoms with Crippen LogP contribution in [0.4, 0.5) is 0 Å². The van der Waals surface area contributed by atoms with Crippen LogP contribution in [0.5, 0.6) is 0 Å². The minimum absolute atomic E-state index is 0.0793. The van der Waals surface area contributed by atoms with Crippen LogP contribution >= 0.6 is 0 Å². The predicted molar refractivity (Wildman–Crippen MR) is 70.1 cm³/mol. The molecule has 0 aliphatic heterocycles. The lowest BCUT2D eigenvalue weighted by atomic mass is 9.71. The summed E-state index contributed by atoms with van der Waals surface area (Å²) in [6.07, 6.45) is 4.52. The molecule has 0 atom stereocenters. The number of nitrogens with zero attached hydrogens (tertiary/aromatic N) is 3. The van der Waals surface area contributed by atoms with Crippen molar-refractivity contribution in [1.29, 1.82) is 0 Å². The minimum Gasteiger partial charge on any atom is -0.339 e. The van der Waals surface area contributed by atoms with Crippen molar-refractivity contribution in [2.45, 2.75) is 44.6 Å². The number of aromatic nitrogens is 2. The fourth-order valence-electron chi connectivity index (χ4n) is 2.64. The fraction of sp³-hybridized carbons (Fsp3) is 0.846. The summed E-state index contributed by atoms with van der Waals surface area (Å²) < 4.78 is 5.47. The molecular formula is C13H24N4O. The Labute approximate surface area is 109 Å². The Kier molecular flexibility index (Phi) is 4.02. The molecule has 5 nitrogen and oxygen atoms in total. The first-order valence-corrected chi connectivity index (χ1v) is 6.73. The molecule has 1 saturated carbocycles. The molecule has 0 unspecified atom stereocenters. The second kappa shape index (κ2) is 5.36. The van der Waals surface area contributed by atoms with Crippen molar-refractivity contribution in [3.63, 3.8) is 0 Å². The van der Waals surface area contributed by atoms with Crippen LogP contribution in [0.2, 0.25) is 0 Å². The van der Waals surface area contributed by atoms with Crippen LogP contribution in [0.3, 0.4) is 0 Å². The fourth-order valence-corrected chi connectivity index (χ4v) is 2.64. The van der Waals surface area contributed by atoms with Crippen LogP contribution in [0.1, 0.15) is 44.3 Å². The van der Waals surface area contributed by atoms with Gasteiger partial charge in [-0.2, -0.15) is 4.98 Å². The van der Waals surface area contributed by atoms with E-state index in [1.165, 1.54) is 12.8 Å². The van der Waals surface area contributed by atoms with Crippen molar-refractivity contribution in [2.75, 3.05) is 20.6 Å². The molecule has 0 aromatic carbocycles. The van der Waals surface area contributed by atoms with Gasteiger partial charge in [0.15, 0.2) is 5.82 Å². The van der Waals surface area contributed by atoms with Crippen LogP contribution in [0.25, 0.3) is 0 Å². The molecule has 2 N–H and O–H groups in total. The molecule has 1 aromatic heterocycles. The molecule has 5 heteroatoms. The molecule has 102 valence electrons. The van der Waals surface area contributed by atoms with E-state index in [1.807, 2.05) is 19.0 Å². The SMILES string of the molecule is CC1CCC(CN)(c2nc(CN(C)C)no2)CC1. The molecule has 1 aliphatic carbocycles. The maximum absolute atomic E-state index is 5.99. The monoisotopic (exact) mass is 252 g/mol. The van der Waals surface area contributed by atoms with E-state index in [0.717, 1.165) is 30.5 Å². The molecule has 0 bridgehead atoms. The maximum Gasteiger partial charge on any atom is 0.234 e. The van der Waals surface area contributed by atoms with E-state index in [0.29, 0.717) is 13.1 Å². The van der Waals surface area contributed by atoms with Crippen molar-refractivity contribution in [1.82, 2.24) is 15.0 Å². The van der Waals surface area contributed by atoms with Gasteiger partial charge in [0.1, 0.15) is 0 Å². The molecular weight excluding hydrogens is 228 g/mol. The molecule has 0 spiro atoms. The summed E-state index contributed by atoms with van der Waals surface area (Å²) >= 11 is 0. The van der Waals surface area contributed by atoms with Crippen molar-refractivity contribution in [2.24, 2.45) is 11.7 Å². The van der Waals surface area contributed by atoms with E-state index in [1.54, 1.807) is 0 Å². The zero-order valence-corrected chi connectivity index (χ0v) is 11.6. The van der Waals surface area contributed by atoms with Gasteiger partial charge in [-0.25, -0.2) is 0 Å². The third kappa shape index (κ3) is 2.72. The molecule has 18 heavy (non-hydrogen) atoms. The largest absolute Gasteiger partial charge is 0.339 e. The smallest absolute Gasteiger partial charge is 0.234 e. The summed E-state index contributed by atoms with van der Waals surface area (Å²) in [5, 5.41) is 4.06. The molecule has 1 heterocycles. The minimum atomic E-state index is -0.0793. The second-order valence-electron chi connectivity index (χ2n) is 5.92. The maximum atomic E-state index is 5.99. The van der Waals surface area contributed by atoms with Gasteiger partial charge < -0.3 is 15.2 Å². The lowest BCUT2D eigenvalue weighted by molar-refractivity contribution is 0.191. The summed E-state index contributed by atoms with van der Waals surface area (Å²) in [5.74, 6) is 2.28. The average Bonchev–Trinajstić information content (AvgIpc) is 2.79. The van der Waals surface area contributed by atoms with E-state index in [9.17, 15) is 0 Å². The molecule has 1 aliphatic rings. The number of rotatable bonds is 4. The molecule has 0 saturated heterocycles. The van der Waals surface area contributed by atoms with Crippen molar-refractivity contribution in [3.8, 4) is 0 Å². The summed E-state index contributed by atoms with van der Waals surface area (Å²) in [6.45, 7) is 3.61. The molecule has 1 aromatic rings. The Morgan fingerprint density at radius 3 is 2.61 bits per heavy atom. The predicted octanol–water partition coefficient (Wildman–Crippen LogP) is 1.54. The van der Waals surface area contributed by atoms with E-state index in [-0.39, 0.29) is 5.41 Å². The van der Waals surface area contributed by atoms with Gasteiger partial charge in [0.25, 0.3) is 0 Å². The van der Waals surface area contributed by atoms with E-state index in [4.69, 9.17) is 10.3 Å². The summed E-state index contributed by atoms with van der Waals surface area (Å²) in [7, 11) is 3.99. The van der Waals surface area contributed by atoms with Crippen LogP contribution in [0, 0.1) is 5.92 Å². The Morgan fingerprint density at radius 1 is 1.39 bits per heavy atom. The zero-order valence-electron chi connectivity index (χ0n) is 11.6. The Morgan fingerprint density at radius 2 is 2.06 bits per heavy atom. The third-order valence-electron chi connectivity index (χ3n) is 4.00. The van der Waals surface area contributed by atoms with Gasteiger partial charge in [-0.05, 0) is 45.7 Å². The zero-order chi connectivity index (χ0) is 13.2. The van der Waals surface area contributed by atoms with E-state index in [2.05, 4.69) is 17.1 Å². The van der Waals surface area contributed by atoms with Gasteiger partial charge in [0.05, 0.1) is 12.0 Å². The lowest BCUT2D eigenvalue weighted by Crippen LogP contribution is -2.39. The third-order valence-corrected chi connectivity index (χ3v) is 4.00. The van der Waals surface area contributed by atoms with Crippen LogP contribution in [-0.4, -0.2) is 35.7 Å². The highest BCUT2D eigenvalue weighted by Gasteiger charge is 2.39. The highest BCUT2D eigenvalue weighted by atomic mass is 16.5. The Bertz CT molecular complexity index is 380. The first-order chi connectivity index (χ1) is 8.55. The highest BCUT2D eigenvalue weighted by Crippen LogP contribution is 2.39. The topological polar surface area (TPSA) is 68.2 Å². The molecule has 0 amide bonds.